The molecular weight excluding hydrogens is 386 g/mol. The molecule has 0 atom stereocenters. The van der Waals surface area contributed by atoms with Crippen LogP contribution in [0.15, 0.2) is 53.6 Å². The number of fused-ring (bicyclic) bond motifs is 1. The summed E-state index contributed by atoms with van der Waals surface area (Å²) in [7, 11) is 0. The largest absolute Gasteiger partial charge is 0.331 e. The van der Waals surface area contributed by atoms with Gasteiger partial charge in [0.15, 0.2) is 5.11 Å². The van der Waals surface area contributed by atoms with Gasteiger partial charge < -0.3 is 5.32 Å². The molecule has 1 aromatic heterocycles. The van der Waals surface area contributed by atoms with Gasteiger partial charge in [-0.15, -0.1) is 0 Å². The van der Waals surface area contributed by atoms with Crippen LogP contribution in [-0.4, -0.2) is 21.2 Å². The van der Waals surface area contributed by atoms with Gasteiger partial charge >= 0.3 is 0 Å². The number of nitrogens with one attached hydrogen (secondary N) is 2. The van der Waals surface area contributed by atoms with Gasteiger partial charge in [0.1, 0.15) is 5.15 Å². The minimum atomic E-state index is -0.465. The van der Waals surface area contributed by atoms with E-state index < -0.39 is 4.92 Å². The lowest BCUT2D eigenvalue weighted by Gasteiger charge is -2.07. The van der Waals surface area contributed by atoms with E-state index in [1.807, 2.05) is 31.2 Å². The fourth-order valence-corrected chi connectivity index (χ4v) is 2.78. The van der Waals surface area contributed by atoms with Crippen molar-refractivity contribution >= 4 is 57.4 Å². The maximum absolute atomic E-state index is 10.7. The Morgan fingerprint density at radius 1 is 1.30 bits per heavy atom. The molecular formula is C18H14ClN5O2S. The zero-order valence-electron chi connectivity index (χ0n) is 14.1. The van der Waals surface area contributed by atoms with Crippen molar-refractivity contribution in [2.24, 2.45) is 5.10 Å². The molecule has 7 nitrogen and oxygen atoms in total. The molecule has 3 aromatic rings. The van der Waals surface area contributed by atoms with Gasteiger partial charge in [-0.1, -0.05) is 29.8 Å². The topological polar surface area (TPSA) is 92.5 Å². The van der Waals surface area contributed by atoms with Crippen LogP contribution in [0.5, 0.6) is 0 Å². The van der Waals surface area contributed by atoms with E-state index in [4.69, 9.17) is 23.8 Å². The zero-order valence-corrected chi connectivity index (χ0v) is 15.7. The first-order valence-electron chi connectivity index (χ1n) is 7.84. The van der Waals surface area contributed by atoms with Crippen LogP contribution in [0.1, 0.15) is 11.1 Å². The lowest BCUT2D eigenvalue weighted by Crippen LogP contribution is -2.23. The molecule has 0 spiro atoms. The Morgan fingerprint density at radius 2 is 2.04 bits per heavy atom. The van der Waals surface area contributed by atoms with Crippen molar-refractivity contribution in [3.63, 3.8) is 0 Å². The van der Waals surface area contributed by atoms with Crippen molar-refractivity contribution in [3.05, 3.63) is 74.9 Å². The monoisotopic (exact) mass is 399 g/mol. The van der Waals surface area contributed by atoms with E-state index in [9.17, 15) is 10.1 Å². The SMILES string of the molecule is Cc1cccc2cc(/C=N/NC(=S)Nc3ccc([N+](=O)[O-])cc3)c(Cl)nc12. The van der Waals surface area contributed by atoms with Gasteiger partial charge in [-0.25, -0.2) is 4.98 Å². The van der Waals surface area contributed by atoms with Crippen LogP contribution in [-0.2, 0) is 0 Å². The second-order valence-electron chi connectivity index (χ2n) is 5.64. The van der Waals surface area contributed by atoms with Gasteiger partial charge in [0.2, 0.25) is 0 Å². The van der Waals surface area contributed by atoms with E-state index in [2.05, 4.69) is 20.8 Å². The van der Waals surface area contributed by atoms with Gasteiger partial charge in [-0.05, 0) is 42.9 Å². The number of thiocarbonyl (C=S) groups is 1. The van der Waals surface area contributed by atoms with Crippen molar-refractivity contribution in [1.82, 2.24) is 10.4 Å². The highest BCUT2D eigenvalue weighted by Gasteiger charge is 2.06. The van der Waals surface area contributed by atoms with E-state index in [-0.39, 0.29) is 10.8 Å². The summed E-state index contributed by atoms with van der Waals surface area (Å²) >= 11 is 11.4. The number of pyridine rings is 1. The Labute approximate surface area is 165 Å². The number of nitrogens with zero attached hydrogens (tertiary/aromatic N) is 3. The van der Waals surface area contributed by atoms with Crippen molar-refractivity contribution in [3.8, 4) is 0 Å². The van der Waals surface area contributed by atoms with Crippen LogP contribution in [0, 0.1) is 17.0 Å². The van der Waals surface area contributed by atoms with Crippen molar-refractivity contribution < 1.29 is 4.92 Å². The lowest BCUT2D eigenvalue weighted by atomic mass is 10.1. The molecule has 0 radical (unpaired) electrons. The number of hydrogen-bond acceptors (Lipinski definition) is 5. The Kier molecular flexibility index (Phi) is 5.58. The molecule has 0 aliphatic rings. The molecule has 0 aliphatic carbocycles. The third-order valence-electron chi connectivity index (χ3n) is 3.73. The smallest absolute Gasteiger partial charge is 0.269 e. The number of aromatic nitrogens is 1. The summed E-state index contributed by atoms with van der Waals surface area (Å²) in [6.45, 7) is 1.98. The molecule has 0 aliphatic heterocycles. The van der Waals surface area contributed by atoms with E-state index in [0.717, 1.165) is 16.5 Å². The summed E-state index contributed by atoms with van der Waals surface area (Å²) in [5.74, 6) is 0. The fourth-order valence-electron chi connectivity index (χ4n) is 2.42. The Balaban J connectivity index is 1.66. The van der Waals surface area contributed by atoms with Gasteiger partial charge in [0.05, 0.1) is 16.7 Å². The van der Waals surface area contributed by atoms with Gasteiger partial charge in [-0.2, -0.15) is 5.10 Å². The van der Waals surface area contributed by atoms with E-state index in [1.54, 1.807) is 12.1 Å². The van der Waals surface area contributed by atoms with E-state index in [0.29, 0.717) is 16.4 Å². The molecule has 2 aromatic carbocycles. The first-order chi connectivity index (χ1) is 12.9. The number of para-hydroxylation sites is 1. The van der Waals surface area contributed by atoms with Crippen molar-refractivity contribution in [1.29, 1.82) is 0 Å². The maximum atomic E-state index is 10.7. The summed E-state index contributed by atoms with van der Waals surface area (Å²) < 4.78 is 0. The van der Waals surface area contributed by atoms with Gasteiger partial charge in [0, 0.05) is 28.8 Å². The predicted octanol–water partition coefficient (Wildman–Crippen LogP) is 4.43. The molecule has 0 fully saturated rings. The minimum absolute atomic E-state index is 0.00568. The van der Waals surface area contributed by atoms with Gasteiger partial charge in [-0.3, -0.25) is 15.5 Å². The maximum Gasteiger partial charge on any atom is 0.269 e. The van der Waals surface area contributed by atoms with Crippen LogP contribution >= 0.6 is 23.8 Å². The molecule has 136 valence electrons. The number of hydrogen-bond donors (Lipinski definition) is 2. The first-order valence-corrected chi connectivity index (χ1v) is 8.63. The number of halogens is 1. The highest BCUT2D eigenvalue weighted by atomic mass is 35.5. The molecule has 0 unspecified atom stereocenters. The van der Waals surface area contributed by atoms with Crippen LogP contribution in [0.4, 0.5) is 11.4 Å². The summed E-state index contributed by atoms with van der Waals surface area (Å²) in [6, 6.07) is 13.7. The molecule has 9 heteroatoms. The number of anilines is 1. The number of hydrazone groups is 1. The quantitative estimate of drug-likeness (QED) is 0.222. The van der Waals surface area contributed by atoms with Crippen LogP contribution in [0.3, 0.4) is 0 Å². The van der Waals surface area contributed by atoms with Gasteiger partial charge in [0.25, 0.3) is 5.69 Å². The average Bonchev–Trinajstić information content (AvgIpc) is 2.63. The summed E-state index contributed by atoms with van der Waals surface area (Å²) in [4.78, 5) is 14.6. The average molecular weight is 400 g/mol. The molecule has 0 saturated carbocycles. The minimum Gasteiger partial charge on any atom is -0.331 e. The van der Waals surface area contributed by atoms with E-state index in [1.165, 1.54) is 18.3 Å². The molecule has 0 amide bonds. The Hall–Kier alpha value is -3.10. The third kappa shape index (κ3) is 4.55. The first kappa shape index (κ1) is 18.7. The van der Waals surface area contributed by atoms with Crippen LogP contribution in [0.2, 0.25) is 5.15 Å². The van der Waals surface area contributed by atoms with Crippen LogP contribution in [0.25, 0.3) is 10.9 Å². The summed E-state index contributed by atoms with van der Waals surface area (Å²) in [5, 5.41) is 19.1. The molecule has 1 heterocycles. The number of nitro benzene ring substituents is 1. The summed E-state index contributed by atoms with van der Waals surface area (Å²) in [5.41, 5.74) is 5.83. The van der Waals surface area contributed by atoms with E-state index >= 15 is 0 Å². The molecule has 27 heavy (non-hydrogen) atoms. The Morgan fingerprint density at radius 3 is 2.74 bits per heavy atom. The fraction of sp³-hybridized carbons (Fsp3) is 0.0556. The standard InChI is InChI=1S/C18H14ClN5O2S/c1-11-3-2-4-12-9-13(17(19)22-16(11)12)10-20-23-18(27)21-14-5-7-15(8-6-14)24(25)26/h2-10H,1H3,(H2,21,23,27)/b20-10+. The van der Waals surface area contributed by atoms with Crippen LogP contribution < -0.4 is 10.7 Å². The number of non-ortho nitro benzene ring substituents is 1. The number of benzene rings is 2. The Bertz CT molecular complexity index is 1050. The molecule has 0 saturated heterocycles. The van der Waals surface area contributed by atoms with Crippen molar-refractivity contribution in [2.75, 3.05) is 5.32 Å². The second-order valence-corrected chi connectivity index (χ2v) is 6.41. The lowest BCUT2D eigenvalue weighted by molar-refractivity contribution is -0.384. The zero-order chi connectivity index (χ0) is 19.4. The highest BCUT2D eigenvalue weighted by Crippen LogP contribution is 2.21. The highest BCUT2D eigenvalue weighted by molar-refractivity contribution is 7.80. The number of nitro groups is 1. The predicted molar refractivity (Wildman–Crippen MR) is 112 cm³/mol. The van der Waals surface area contributed by atoms with Crippen molar-refractivity contribution in [2.45, 2.75) is 6.92 Å². The molecule has 3 rings (SSSR count). The second kappa shape index (κ2) is 8.07. The normalized spacial score (nSPS) is 10.9. The number of rotatable bonds is 4. The number of aryl methyl sites for hydroxylation is 1. The summed E-state index contributed by atoms with van der Waals surface area (Å²) in [6.07, 6.45) is 1.53. The molecule has 2 N–H and O–H groups in total. The molecule has 0 bridgehead atoms. The third-order valence-corrected chi connectivity index (χ3v) is 4.23.